The van der Waals surface area contributed by atoms with E-state index < -0.39 is 0 Å². The van der Waals surface area contributed by atoms with Gasteiger partial charge in [-0.3, -0.25) is 9.69 Å². The van der Waals surface area contributed by atoms with Crippen LogP contribution in [0.15, 0.2) is 59.8 Å². The van der Waals surface area contributed by atoms with Gasteiger partial charge in [0, 0.05) is 38.3 Å². The van der Waals surface area contributed by atoms with Crippen LogP contribution >= 0.6 is 11.8 Å². The van der Waals surface area contributed by atoms with E-state index in [1.165, 1.54) is 27.6 Å². The Morgan fingerprint density at radius 1 is 1.03 bits per heavy atom. The first-order valence-corrected chi connectivity index (χ1v) is 11.4. The largest absolute Gasteiger partial charge is 0.339 e. The molecule has 1 aliphatic heterocycles. The van der Waals surface area contributed by atoms with Crippen molar-refractivity contribution in [1.29, 1.82) is 0 Å². The summed E-state index contributed by atoms with van der Waals surface area (Å²) in [4.78, 5) is 17.3. The first kappa shape index (κ1) is 21.4. The summed E-state index contributed by atoms with van der Waals surface area (Å²) in [7, 11) is 0. The standard InChI is InChI=1S/C23H28N6OS/c1-17-8-10-20(11-9-17)21-25-26-23(29(21)24)31-18(2)22(30)28-14-12-27(13-15-28)16-19-6-4-3-5-7-19/h3-11,18H,12-16,24H2,1-2H3. The minimum atomic E-state index is -0.280. The highest BCUT2D eigenvalue weighted by Crippen LogP contribution is 2.26. The number of aryl methyl sites for hydroxylation is 1. The third kappa shape index (κ3) is 5.08. The molecular formula is C23H28N6OS. The van der Waals surface area contributed by atoms with Crippen molar-refractivity contribution in [2.24, 2.45) is 0 Å². The number of aromatic nitrogens is 3. The van der Waals surface area contributed by atoms with Crippen molar-refractivity contribution in [3.8, 4) is 11.4 Å². The molecule has 2 N–H and O–H groups in total. The predicted octanol–water partition coefficient (Wildman–Crippen LogP) is 2.79. The summed E-state index contributed by atoms with van der Waals surface area (Å²) in [6.07, 6.45) is 0. The number of piperazine rings is 1. The minimum absolute atomic E-state index is 0.115. The number of carbonyl (C=O) groups excluding carboxylic acids is 1. The first-order chi connectivity index (χ1) is 15.0. The molecule has 3 aromatic rings. The Hall–Kier alpha value is -2.84. The van der Waals surface area contributed by atoms with Crippen molar-refractivity contribution in [1.82, 2.24) is 24.7 Å². The lowest BCUT2D eigenvalue weighted by molar-refractivity contribution is -0.132. The first-order valence-electron chi connectivity index (χ1n) is 10.5. The number of carbonyl (C=O) groups is 1. The molecule has 7 nitrogen and oxygen atoms in total. The van der Waals surface area contributed by atoms with Crippen LogP contribution in [0.5, 0.6) is 0 Å². The van der Waals surface area contributed by atoms with Crippen molar-refractivity contribution >= 4 is 17.7 Å². The molecule has 162 valence electrons. The monoisotopic (exact) mass is 436 g/mol. The molecule has 1 fully saturated rings. The van der Waals surface area contributed by atoms with Gasteiger partial charge in [-0.05, 0) is 19.4 Å². The summed E-state index contributed by atoms with van der Waals surface area (Å²) in [5.74, 6) is 6.94. The molecule has 1 saturated heterocycles. The third-order valence-electron chi connectivity index (χ3n) is 5.54. The summed E-state index contributed by atoms with van der Waals surface area (Å²) < 4.78 is 1.47. The fourth-order valence-corrected chi connectivity index (χ4v) is 4.54. The molecule has 1 aromatic heterocycles. The van der Waals surface area contributed by atoms with Crippen LogP contribution in [-0.4, -0.2) is 62.0 Å². The van der Waals surface area contributed by atoms with Gasteiger partial charge in [-0.1, -0.05) is 71.9 Å². The highest BCUT2D eigenvalue weighted by molar-refractivity contribution is 8.00. The topological polar surface area (TPSA) is 80.3 Å². The quantitative estimate of drug-likeness (QED) is 0.473. The van der Waals surface area contributed by atoms with Crippen molar-refractivity contribution in [3.05, 3.63) is 65.7 Å². The molecule has 4 rings (SSSR count). The highest BCUT2D eigenvalue weighted by atomic mass is 32.2. The second-order valence-corrected chi connectivity index (χ2v) is 9.20. The molecule has 0 aliphatic carbocycles. The van der Waals surface area contributed by atoms with Gasteiger partial charge in [0.15, 0.2) is 5.82 Å². The van der Waals surface area contributed by atoms with Gasteiger partial charge < -0.3 is 10.7 Å². The summed E-state index contributed by atoms with van der Waals surface area (Å²) in [5.41, 5.74) is 3.38. The van der Waals surface area contributed by atoms with Gasteiger partial charge in [-0.25, -0.2) is 4.68 Å². The van der Waals surface area contributed by atoms with Crippen molar-refractivity contribution < 1.29 is 4.79 Å². The van der Waals surface area contributed by atoms with Gasteiger partial charge in [0.2, 0.25) is 11.1 Å². The fraction of sp³-hybridized carbons (Fsp3) is 0.348. The Balaban J connectivity index is 1.32. The second kappa shape index (κ2) is 9.53. The van der Waals surface area contributed by atoms with Crippen molar-refractivity contribution in [3.63, 3.8) is 0 Å². The number of nitrogens with two attached hydrogens (primary N) is 1. The van der Waals surface area contributed by atoms with Gasteiger partial charge in [-0.15, -0.1) is 10.2 Å². The van der Waals surface area contributed by atoms with Crippen molar-refractivity contribution in [2.75, 3.05) is 32.0 Å². The lowest BCUT2D eigenvalue weighted by Gasteiger charge is -2.35. The lowest BCUT2D eigenvalue weighted by Crippen LogP contribution is -2.50. The predicted molar refractivity (Wildman–Crippen MR) is 124 cm³/mol. The smallest absolute Gasteiger partial charge is 0.235 e. The highest BCUT2D eigenvalue weighted by Gasteiger charge is 2.27. The molecule has 1 aliphatic rings. The number of hydrogen-bond donors (Lipinski definition) is 1. The van der Waals surface area contributed by atoms with Crippen LogP contribution in [0, 0.1) is 6.92 Å². The van der Waals surface area contributed by atoms with E-state index in [0.717, 1.165) is 38.3 Å². The SMILES string of the molecule is Cc1ccc(-c2nnc(SC(C)C(=O)N3CCN(Cc4ccccc4)CC3)n2N)cc1. The maximum Gasteiger partial charge on any atom is 0.235 e. The zero-order chi connectivity index (χ0) is 21.8. The number of hydrogen-bond acceptors (Lipinski definition) is 6. The van der Waals surface area contributed by atoms with Gasteiger partial charge in [-0.2, -0.15) is 0 Å². The average Bonchev–Trinajstić information content (AvgIpc) is 3.15. The van der Waals surface area contributed by atoms with Crippen LogP contribution in [0.1, 0.15) is 18.1 Å². The zero-order valence-corrected chi connectivity index (χ0v) is 18.8. The van der Waals surface area contributed by atoms with E-state index >= 15 is 0 Å². The van der Waals surface area contributed by atoms with E-state index in [1.54, 1.807) is 0 Å². The second-order valence-electron chi connectivity index (χ2n) is 7.89. The number of nitrogens with zero attached hydrogens (tertiary/aromatic N) is 5. The maximum absolute atomic E-state index is 13.0. The van der Waals surface area contributed by atoms with Crippen LogP contribution in [0.25, 0.3) is 11.4 Å². The number of benzene rings is 2. The summed E-state index contributed by atoms with van der Waals surface area (Å²) in [6.45, 7) is 8.09. The minimum Gasteiger partial charge on any atom is -0.339 e. The van der Waals surface area contributed by atoms with E-state index in [1.807, 2.05) is 49.1 Å². The summed E-state index contributed by atoms with van der Waals surface area (Å²) in [5, 5.41) is 8.70. The number of amides is 1. The van der Waals surface area contributed by atoms with Gasteiger partial charge in [0.05, 0.1) is 5.25 Å². The number of rotatable bonds is 6. The molecular weight excluding hydrogens is 408 g/mol. The molecule has 31 heavy (non-hydrogen) atoms. The molecule has 0 radical (unpaired) electrons. The molecule has 2 aromatic carbocycles. The molecule has 1 atom stereocenters. The average molecular weight is 437 g/mol. The van der Waals surface area contributed by atoms with Crippen LogP contribution in [0.4, 0.5) is 0 Å². The van der Waals surface area contributed by atoms with E-state index in [0.29, 0.717) is 11.0 Å². The molecule has 8 heteroatoms. The Kier molecular flexibility index (Phi) is 6.58. The lowest BCUT2D eigenvalue weighted by atomic mass is 10.1. The zero-order valence-electron chi connectivity index (χ0n) is 17.9. The van der Waals surface area contributed by atoms with Crippen LogP contribution in [-0.2, 0) is 11.3 Å². The van der Waals surface area contributed by atoms with Crippen LogP contribution in [0.3, 0.4) is 0 Å². The van der Waals surface area contributed by atoms with E-state index in [-0.39, 0.29) is 11.2 Å². The van der Waals surface area contributed by atoms with E-state index in [4.69, 9.17) is 5.84 Å². The molecule has 2 heterocycles. The molecule has 1 amide bonds. The molecule has 0 bridgehead atoms. The molecule has 1 unspecified atom stereocenters. The number of nitrogen functional groups attached to an aromatic ring is 1. The van der Waals surface area contributed by atoms with Crippen LogP contribution in [0.2, 0.25) is 0 Å². The third-order valence-corrected chi connectivity index (χ3v) is 6.58. The number of thioether (sulfide) groups is 1. The van der Waals surface area contributed by atoms with E-state index in [9.17, 15) is 4.79 Å². The van der Waals surface area contributed by atoms with Crippen LogP contribution < -0.4 is 5.84 Å². The maximum atomic E-state index is 13.0. The fourth-order valence-electron chi connectivity index (χ4n) is 3.69. The van der Waals surface area contributed by atoms with E-state index in [2.05, 4.69) is 39.4 Å². The van der Waals surface area contributed by atoms with Gasteiger partial charge in [0.25, 0.3) is 0 Å². The Morgan fingerprint density at radius 2 is 1.71 bits per heavy atom. The van der Waals surface area contributed by atoms with Crippen molar-refractivity contribution in [2.45, 2.75) is 30.8 Å². The summed E-state index contributed by atoms with van der Waals surface area (Å²) >= 11 is 1.35. The van der Waals surface area contributed by atoms with Gasteiger partial charge in [0.1, 0.15) is 0 Å². The normalized spacial score (nSPS) is 15.7. The Bertz CT molecular complexity index is 1010. The molecule has 0 saturated carbocycles. The Labute approximate surface area is 187 Å². The summed E-state index contributed by atoms with van der Waals surface area (Å²) in [6, 6.07) is 18.4. The van der Waals surface area contributed by atoms with Gasteiger partial charge >= 0.3 is 0 Å². The Morgan fingerprint density at radius 3 is 2.39 bits per heavy atom. The molecule has 0 spiro atoms.